The fraction of sp³-hybridized carbons (Fsp3) is 0.143. The average molecular weight is 318 g/mol. The molecule has 0 unspecified atom stereocenters. The summed E-state index contributed by atoms with van der Waals surface area (Å²) >= 11 is 3.39. The van der Waals surface area contributed by atoms with Crippen LogP contribution in [0.1, 0.15) is 11.1 Å². The number of nitrogens with one attached hydrogen (secondary N) is 1. The van der Waals surface area contributed by atoms with Gasteiger partial charge in [0, 0.05) is 22.8 Å². The number of nitrogens with zero attached hydrogens (tertiary/aromatic N) is 2. The Balaban J connectivity index is 2.19. The van der Waals surface area contributed by atoms with Gasteiger partial charge in [-0.05, 0) is 24.3 Å². The summed E-state index contributed by atoms with van der Waals surface area (Å²) in [4.78, 5) is 4.13. The number of methoxy groups -OCH3 is 1. The fourth-order valence-electron chi connectivity index (χ4n) is 1.69. The van der Waals surface area contributed by atoms with Crippen LogP contribution in [0.15, 0.2) is 41.0 Å². The lowest BCUT2D eigenvalue weighted by molar-refractivity contribution is 0.393. The first-order valence-electron chi connectivity index (χ1n) is 5.66. The van der Waals surface area contributed by atoms with Crippen LogP contribution in [0.25, 0.3) is 0 Å². The number of pyridine rings is 1. The smallest absolute Gasteiger partial charge is 0.218 e. The van der Waals surface area contributed by atoms with Crippen LogP contribution >= 0.6 is 15.9 Å². The van der Waals surface area contributed by atoms with Gasteiger partial charge in [0.2, 0.25) is 5.88 Å². The van der Waals surface area contributed by atoms with Crippen molar-refractivity contribution in [3.05, 3.63) is 52.1 Å². The lowest BCUT2D eigenvalue weighted by Crippen LogP contribution is -2.04. The van der Waals surface area contributed by atoms with E-state index in [4.69, 9.17) is 10.00 Å². The summed E-state index contributed by atoms with van der Waals surface area (Å²) in [5.41, 5.74) is 2.32. The van der Waals surface area contributed by atoms with Crippen molar-refractivity contribution >= 4 is 21.6 Å². The fourth-order valence-corrected chi connectivity index (χ4v) is 2.05. The van der Waals surface area contributed by atoms with Gasteiger partial charge in [0.25, 0.3) is 0 Å². The molecule has 1 heterocycles. The quantitative estimate of drug-likeness (QED) is 0.939. The Morgan fingerprint density at radius 1 is 1.42 bits per heavy atom. The van der Waals surface area contributed by atoms with Gasteiger partial charge in [-0.1, -0.05) is 22.0 Å². The molecule has 2 aromatic rings. The molecule has 0 aliphatic heterocycles. The monoisotopic (exact) mass is 317 g/mol. The Kier molecular flexibility index (Phi) is 4.37. The first-order chi connectivity index (χ1) is 9.24. The normalized spacial score (nSPS) is 9.74. The molecule has 1 aromatic heterocycles. The van der Waals surface area contributed by atoms with E-state index < -0.39 is 0 Å². The maximum atomic E-state index is 9.06. The van der Waals surface area contributed by atoms with E-state index in [0.29, 0.717) is 18.0 Å². The van der Waals surface area contributed by atoms with E-state index in [1.807, 2.05) is 24.3 Å². The number of anilines is 1. The van der Waals surface area contributed by atoms with Gasteiger partial charge >= 0.3 is 0 Å². The lowest BCUT2D eigenvalue weighted by Gasteiger charge is -2.10. The van der Waals surface area contributed by atoms with Crippen molar-refractivity contribution < 1.29 is 4.74 Å². The van der Waals surface area contributed by atoms with Crippen molar-refractivity contribution in [1.29, 1.82) is 5.26 Å². The summed E-state index contributed by atoms with van der Waals surface area (Å²) in [7, 11) is 1.59. The number of hydrogen-bond donors (Lipinski definition) is 1. The summed E-state index contributed by atoms with van der Waals surface area (Å²) < 4.78 is 6.11. The molecule has 0 amide bonds. The molecule has 0 saturated heterocycles. The Bertz CT molecular complexity index is 622. The van der Waals surface area contributed by atoms with Crippen LogP contribution in [-0.4, -0.2) is 12.1 Å². The molecule has 1 aromatic carbocycles. The summed E-state index contributed by atoms with van der Waals surface area (Å²) in [6, 6.07) is 11.4. The van der Waals surface area contributed by atoms with Crippen LogP contribution in [0.2, 0.25) is 0 Å². The Labute approximate surface area is 120 Å². The molecule has 19 heavy (non-hydrogen) atoms. The molecule has 0 radical (unpaired) electrons. The van der Waals surface area contributed by atoms with Crippen LogP contribution in [0.3, 0.4) is 0 Å². The number of ether oxygens (including phenoxy) is 1. The van der Waals surface area contributed by atoms with Crippen molar-refractivity contribution in [2.75, 3.05) is 12.4 Å². The maximum absolute atomic E-state index is 9.06. The third-order valence-electron chi connectivity index (χ3n) is 2.61. The number of halogens is 1. The van der Waals surface area contributed by atoms with Crippen LogP contribution in [0.5, 0.6) is 5.88 Å². The molecule has 96 valence electrons. The van der Waals surface area contributed by atoms with E-state index in [9.17, 15) is 0 Å². The molecule has 0 saturated carbocycles. The minimum absolute atomic E-state index is 0.544. The third kappa shape index (κ3) is 3.24. The van der Waals surface area contributed by atoms with E-state index in [0.717, 1.165) is 15.7 Å². The van der Waals surface area contributed by atoms with Gasteiger partial charge in [-0.25, -0.2) is 4.98 Å². The van der Waals surface area contributed by atoms with E-state index in [2.05, 4.69) is 32.3 Å². The molecule has 1 N–H and O–H groups in total. The zero-order valence-electron chi connectivity index (χ0n) is 10.4. The summed E-state index contributed by atoms with van der Waals surface area (Å²) in [5.74, 6) is 0.587. The molecular weight excluding hydrogens is 306 g/mol. The molecule has 4 nitrogen and oxygen atoms in total. The second kappa shape index (κ2) is 6.21. The number of benzene rings is 1. The minimum Gasteiger partial charge on any atom is -0.481 e. The Morgan fingerprint density at radius 3 is 3.00 bits per heavy atom. The highest BCUT2D eigenvalue weighted by atomic mass is 79.9. The molecule has 0 aliphatic carbocycles. The van der Waals surface area contributed by atoms with Gasteiger partial charge < -0.3 is 10.1 Å². The number of aromatic nitrogens is 1. The van der Waals surface area contributed by atoms with Crippen LogP contribution in [0, 0.1) is 11.3 Å². The molecule has 0 bridgehead atoms. The molecular formula is C14H12BrN3O. The molecule has 2 rings (SSSR count). The number of rotatable bonds is 4. The van der Waals surface area contributed by atoms with Gasteiger partial charge in [0.1, 0.15) is 6.07 Å². The largest absolute Gasteiger partial charge is 0.481 e. The van der Waals surface area contributed by atoms with Crippen molar-refractivity contribution in [1.82, 2.24) is 4.98 Å². The summed E-state index contributed by atoms with van der Waals surface area (Å²) in [6.07, 6.45) is 1.68. The Hall–Kier alpha value is -2.06. The summed E-state index contributed by atoms with van der Waals surface area (Å²) in [6.45, 7) is 0.544. The van der Waals surface area contributed by atoms with Gasteiger partial charge in [-0.3, -0.25) is 0 Å². The predicted molar refractivity (Wildman–Crippen MR) is 77.0 cm³/mol. The van der Waals surface area contributed by atoms with Gasteiger partial charge in [0.15, 0.2) is 0 Å². The Morgan fingerprint density at radius 2 is 2.26 bits per heavy atom. The predicted octanol–water partition coefficient (Wildman–Crippen LogP) is 3.34. The molecule has 5 heteroatoms. The second-order valence-electron chi connectivity index (χ2n) is 3.83. The number of hydrogen-bond acceptors (Lipinski definition) is 4. The zero-order valence-corrected chi connectivity index (χ0v) is 11.9. The SMILES string of the molecule is COc1ncccc1CNc1cc(Br)ccc1C#N. The van der Waals surface area contributed by atoms with Crippen LogP contribution in [-0.2, 0) is 6.54 Å². The van der Waals surface area contributed by atoms with E-state index in [1.165, 1.54) is 0 Å². The highest BCUT2D eigenvalue weighted by molar-refractivity contribution is 9.10. The van der Waals surface area contributed by atoms with Crippen molar-refractivity contribution in [2.24, 2.45) is 0 Å². The van der Waals surface area contributed by atoms with E-state index in [-0.39, 0.29) is 0 Å². The summed E-state index contributed by atoms with van der Waals surface area (Å²) in [5, 5.41) is 12.3. The van der Waals surface area contributed by atoms with Gasteiger partial charge in [-0.15, -0.1) is 0 Å². The van der Waals surface area contributed by atoms with E-state index >= 15 is 0 Å². The highest BCUT2D eigenvalue weighted by Gasteiger charge is 2.06. The highest BCUT2D eigenvalue weighted by Crippen LogP contribution is 2.22. The first kappa shape index (κ1) is 13.4. The van der Waals surface area contributed by atoms with Crippen LogP contribution < -0.4 is 10.1 Å². The average Bonchev–Trinajstić information content (AvgIpc) is 2.45. The molecule has 0 aliphatic rings. The second-order valence-corrected chi connectivity index (χ2v) is 4.74. The molecule has 0 fully saturated rings. The minimum atomic E-state index is 0.544. The lowest BCUT2D eigenvalue weighted by atomic mass is 10.2. The molecule has 0 spiro atoms. The number of nitriles is 1. The first-order valence-corrected chi connectivity index (χ1v) is 6.45. The van der Waals surface area contributed by atoms with Crippen molar-refractivity contribution in [2.45, 2.75) is 6.54 Å². The van der Waals surface area contributed by atoms with Gasteiger partial charge in [-0.2, -0.15) is 5.26 Å². The standard InChI is InChI=1S/C14H12BrN3O/c1-19-14-11(3-2-6-17-14)9-18-13-7-12(15)5-4-10(13)8-16/h2-7,18H,9H2,1H3. The van der Waals surface area contributed by atoms with Crippen LogP contribution in [0.4, 0.5) is 5.69 Å². The third-order valence-corrected chi connectivity index (χ3v) is 3.11. The molecule has 0 atom stereocenters. The van der Waals surface area contributed by atoms with Gasteiger partial charge in [0.05, 0.1) is 18.4 Å². The zero-order chi connectivity index (χ0) is 13.7. The topological polar surface area (TPSA) is 57.9 Å². The van der Waals surface area contributed by atoms with Crippen molar-refractivity contribution in [3.63, 3.8) is 0 Å². The van der Waals surface area contributed by atoms with E-state index in [1.54, 1.807) is 19.4 Å². The maximum Gasteiger partial charge on any atom is 0.218 e. The van der Waals surface area contributed by atoms with Crippen molar-refractivity contribution in [3.8, 4) is 11.9 Å².